The lowest BCUT2D eigenvalue weighted by Crippen LogP contribution is -2.36. The minimum Gasteiger partial charge on any atom is -0.383 e. The third kappa shape index (κ3) is 4.39. The van der Waals surface area contributed by atoms with E-state index in [9.17, 15) is 9.59 Å². The van der Waals surface area contributed by atoms with Crippen molar-refractivity contribution in [3.8, 4) is 5.69 Å². The van der Waals surface area contributed by atoms with Crippen LogP contribution in [0.15, 0.2) is 46.1 Å². The minimum atomic E-state index is -0.278. The lowest BCUT2D eigenvalue weighted by Gasteiger charge is -2.23. The molecule has 1 aromatic carbocycles. The Morgan fingerprint density at radius 3 is 2.72 bits per heavy atom. The van der Waals surface area contributed by atoms with E-state index in [1.165, 1.54) is 9.75 Å². The van der Waals surface area contributed by atoms with Gasteiger partial charge in [-0.1, -0.05) is 11.6 Å². The second-order valence-electron chi connectivity index (χ2n) is 7.90. The fourth-order valence-corrected chi connectivity index (χ4v) is 6.60. The second-order valence-corrected chi connectivity index (χ2v) is 10.9. The van der Waals surface area contributed by atoms with Gasteiger partial charge in [0.1, 0.15) is 5.56 Å². The summed E-state index contributed by atoms with van der Waals surface area (Å²) in [7, 11) is 3.30. The molecule has 0 N–H and O–H groups in total. The molecule has 0 spiro atoms. The zero-order chi connectivity index (χ0) is 23.0. The maximum Gasteiger partial charge on any atom is 0.259 e. The minimum absolute atomic E-state index is 0.0664. The van der Waals surface area contributed by atoms with Crippen molar-refractivity contribution >= 4 is 40.6 Å². The summed E-state index contributed by atoms with van der Waals surface area (Å²) in [6, 6.07) is 11.6. The van der Waals surface area contributed by atoms with Crippen molar-refractivity contribution in [2.75, 3.05) is 27.3 Å². The molecule has 0 bridgehead atoms. The standard InChI is InChI=1S/C24H25ClN2O3S2/c1-14-11-19(28)23(24(29)26(3)9-10-30-4)18-13-22(20-8-5-15(2)31-20)32-21-12-16(25)6-7-17(21)27(14)18/h5-8,11-12,22H,9-10,13H2,1-4H3. The zero-order valence-electron chi connectivity index (χ0n) is 18.5. The Balaban J connectivity index is 1.94. The van der Waals surface area contributed by atoms with E-state index >= 15 is 0 Å². The van der Waals surface area contributed by atoms with Crippen LogP contribution in [0.25, 0.3) is 5.69 Å². The topological polar surface area (TPSA) is 51.5 Å². The van der Waals surface area contributed by atoms with E-state index in [0.717, 1.165) is 22.0 Å². The number of methoxy groups -OCH3 is 1. The predicted octanol–water partition coefficient (Wildman–Crippen LogP) is 5.28. The van der Waals surface area contributed by atoms with Crippen LogP contribution in [0.2, 0.25) is 5.02 Å². The van der Waals surface area contributed by atoms with E-state index in [1.807, 2.05) is 25.1 Å². The summed E-state index contributed by atoms with van der Waals surface area (Å²) in [4.78, 5) is 31.6. The number of aryl methyl sites for hydroxylation is 2. The van der Waals surface area contributed by atoms with Crippen molar-refractivity contribution in [1.82, 2.24) is 9.47 Å². The fourth-order valence-electron chi connectivity index (χ4n) is 3.99. The largest absolute Gasteiger partial charge is 0.383 e. The number of fused-ring (bicyclic) bond motifs is 3. The highest BCUT2D eigenvalue weighted by Crippen LogP contribution is 2.46. The van der Waals surface area contributed by atoms with Gasteiger partial charge in [0, 0.05) is 69.5 Å². The molecule has 3 aromatic rings. The Labute approximate surface area is 201 Å². The number of nitrogens with zero attached hydrogens (tertiary/aromatic N) is 2. The molecule has 0 saturated carbocycles. The summed E-state index contributed by atoms with van der Waals surface area (Å²) >= 11 is 9.82. The van der Waals surface area contributed by atoms with Crippen LogP contribution in [-0.4, -0.2) is 42.7 Å². The number of amides is 1. The molecule has 1 atom stereocenters. The molecule has 1 aliphatic rings. The summed E-state index contributed by atoms with van der Waals surface area (Å²) < 4.78 is 7.18. The summed E-state index contributed by atoms with van der Waals surface area (Å²) in [6.07, 6.45) is 0.563. The highest BCUT2D eigenvalue weighted by molar-refractivity contribution is 7.99. The van der Waals surface area contributed by atoms with Crippen molar-refractivity contribution in [2.45, 2.75) is 30.4 Å². The predicted molar refractivity (Wildman–Crippen MR) is 132 cm³/mol. The lowest BCUT2D eigenvalue weighted by atomic mass is 10.0. The molecule has 4 rings (SSSR count). The maximum absolute atomic E-state index is 13.4. The molecule has 5 nitrogen and oxygen atoms in total. The third-order valence-electron chi connectivity index (χ3n) is 5.58. The molecule has 8 heteroatoms. The molecule has 0 aliphatic carbocycles. The first-order valence-electron chi connectivity index (χ1n) is 10.3. The number of halogens is 1. The van der Waals surface area contributed by atoms with Crippen molar-refractivity contribution in [2.24, 2.45) is 0 Å². The Kier molecular flexibility index (Phi) is 6.81. The van der Waals surface area contributed by atoms with Crippen LogP contribution in [0, 0.1) is 13.8 Å². The van der Waals surface area contributed by atoms with Crippen LogP contribution < -0.4 is 5.43 Å². The number of thioether (sulfide) groups is 1. The van der Waals surface area contributed by atoms with E-state index in [0.29, 0.717) is 24.6 Å². The van der Waals surface area contributed by atoms with E-state index in [-0.39, 0.29) is 22.1 Å². The molecule has 168 valence electrons. The number of likely N-dealkylation sites (N-methyl/N-ethyl adjacent to an activating group) is 1. The lowest BCUT2D eigenvalue weighted by molar-refractivity contribution is 0.0741. The molecule has 0 fully saturated rings. The molecular formula is C24H25ClN2O3S2. The molecule has 32 heavy (non-hydrogen) atoms. The average molecular weight is 489 g/mol. The van der Waals surface area contributed by atoms with E-state index in [1.54, 1.807) is 48.2 Å². The first-order valence-corrected chi connectivity index (χ1v) is 12.4. The van der Waals surface area contributed by atoms with Crippen LogP contribution in [-0.2, 0) is 11.2 Å². The van der Waals surface area contributed by atoms with E-state index in [2.05, 4.69) is 23.6 Å². The van der Waals surface area contributed by atoms with Gasteiger partial charge < -0.3 is 14.2 Å². The van der Waals surface area contributed by atoms with Crippen molar-refractivity contribution in [1.29, 1.82) is 0 Å². The van der Waals surface area contributed by atoms with E-state index < -0.39 is 0 Å². The summed E-state index contributed by atoms with van der Waals surface area (Å²) in [5.41, 5.74) is 2.47. The number of ether oxygens (including phenoxy) is 1. The van der Waals surface area contributed by atoms with Crippen molar-refractivity contribution in [3.63, 3.8) is 0 Å². The molecule has 3 heterocycles. The zero-order valence-corrected chi connectivity index (χ0v) is 20.9. The number of benzene rings is 1. The van der Waals surface area contributed by atoms with Crippen LogP contribution in [0.4, 0.5) is 0 Å². The first kappa shape index (κ1) is 23.1. The van der Waals surface area contributed by atoms with Crippen LogP contribution >= 0.6 is 34.7 Å². The van der Waals surface area contributed by atoms with Gasteiger partial charge in [-0.05, 0) is 44.2 Å². The summed E-state index contributed by atoms with van der Waals surface area (Å²) in [5, 5.41) is 0.729. The van der Waals surface area contributed by atoms with Gasteiger partial charge in [0.05, 0.1) is 12.3 Å². The van der Waals surface area contributed by atoms with E-state index in [4.69, 9.17) is 16.3 Å². The number of hydrogen-bond acceptors (Lipinski definition) is 5. The second kappa shape index (κ2) is 9.43. The smallest absolute Gasteiger partial charge is 0.259 e. The Morgan fingerprint density at radius 1 is 1.25 bits per heavy atom. The Morgan fingerprint density at radius 2 is 2.03 bits per heavy atom. The number of carbonyl (C=O) groups is 1. The van der Waals surface area contributed by atoms with Gasteiger partial charge >= 0.3 is 0 Å². The Hall–Kier alpha value is -2.06. The van der Waals surface area contributed by atoms with Crippen LogP contribution in [0.1, 0.15) is 36.8 Å². The third-order valence-corrected chi connectivity index (χ3v) is 8.36. The molecule has 0 radical (unpaired) electrons. The van der Waals surface area contributed by atoms with Gasteiger partial charge in [-0.3, -0.25) is 9.59 Å². The van der Waals surface area contributed by atoms with Gasteiger partial charge in [0.25, 0.3) is 5.91 Å². The highest BCUT2D eigenvalue weighted by Gasteiger charge is 2.30. The fraction of sp³-hybridized carbons (Fsp3) is 0.333. The van der Waals surface area contributed by atoms with Gasteiger partial charge in [-0.2, -0.15) is 0 Å². The van der Waals surface area contributed by atoms with Gasteiger partial charge in [-0.15, -0.1) is 23.1 Å². The van der Waals surface area contributed by atoms with Crippen LogP contribution in [0.5, 0.6) is 0 Å². The number of rotatable bonds is 5. The Bertz CT molecular complexity index is 1230. The molecule has 1 aliphatic heterocycles. The van der Waals surface area contributed by atoms with Gasteiger partial charge in [0.15, 0.2) is 5.43 Å². The van der Waals surface area contributed by atoms with Gasteiger partial charge in [0.2, 0.25) is 0 Å². The number of thiophene rings is 1. The molecule has 2 aromatic heterocycles. The molecule has 1 amide bonds. The average Bonchev–Trinajstić information content (AvgIpc) is 3.10. The molecular weight excluding hydrogens is 464 g/mol. The quantitative estimate of drug-likeness (QED) is 0.490. The molecule has 0 saturated heterocycles. The highest BCUT2D eigenvalue weighted by atomic mass is 35.5. The number of carbonyl (C=O) groups excluding carboxylic acids is 1. The number of aromatic nitrogens is 1. The van der Waals surface area contributed by atoms with Crippen molar-refractivity contribution < 1.29 is 9.53 Å². The molecule has 1 unspecified atom stereocenters. The van der Waals surface area contributed by atoms with Gasteiger partial charge in [-0.25, -0.2) is 0 Å². The SMILES string of the molecule is COCCN(C)C(=O)c1c2n(c(C)cc1=O)-c1ccc(Cl)cc1SC(c1ccc(C)s1)C2. The summed E-state index contributed by atoms with van der Waals surface area (Å²) in [5.74, 6) is -0.278. The number of pyridine rings is 1. The van der Waals surface area contributed by atoms with Crippen LogP contribution in [0.3, 0.4) is 0 Å². The number of hydrogen-bond donors (Lipinski definition) is 0. The van der Waals surface area contributed by atoms with Crippen molar-refractivity contribution in [3.05, 3.63) is 78.3 Å². The monoisotopic (exact) mass is 488 g/mol. The summed E-state index contributed by atoms with van der Waals surface area (Å²) in [6.45, 7) is 4.82. The normalized spacial score (nSPS) is 15.1. The first-order chi connectivity index (χ1) is 15.3. The maximum atomic E-state index is 13.4.